The largest absolute Gasteiger partial charge is 0.323 e. The Morgan fingerprint density at radius 2 is 1.91 bits per heavy atom. The van der Waals surface area contributed by atoms with Crippen molar-refractivity contribution in [3.63, 3.8) is 0 Å². The van der Waals surface area contributed by atoms with Crippen LogP contribution in [0.3, 0.4) is 0 Å². The molecule has 0 saturated carbocycles. The molecular weight excluding hydrogens is 299 g/mol. The molecule has 0 fully saturated rings. The van der Waals surface area contributed by atoms with E-state index >= 15 is 0 Å². The van der Waals surface area contributed by atoms with Gasteiger partial charge in [0.1, 0.15) is 11.3 Å². The molecule has 4 N–H and O–H groups in total. The number of benzene rings is 2. The zero-order valence-electron chi connectivity index (χ0n) is 12.0. The normalized spacial score (nSPS) is 13.3. The van der Waals surface area contributed by atoms with E-state index in [1.165, 1.54) is 11.6 Å². The maximum Gasteiger partial charge on any atom is 0.323 e. The van der Waals surface area contributed by atoms with Crippen LogP contribution in [-0.4, -0.2) is 15.9 Å². The van der Waals surface area contributed by atoms with Crippen molar-refractivity contribution in [1.82, 2.24) is 15.3 Å². The lowest BCUT2D eigenvalue weighted by Gasteiger charge is -2.07. The highest BCUT2D eigenvalue weighted by atomic mass is 19.1. The van der Waals surface area contributed by atoms with E-state index in [0.717, 1.165) is 24.7 Å². The summed E-state index contributed by atoms with van der Waals surface area (Å²) in [6, 6.07) is 8.23. The summed E-state index contributed by atoms with van der Waals surface area (Å²) in [4.78, 5) is 28.4. The SMILES string of the molecule is O=C(Nc1ccc2c(c1)CNC2)c1cc(F)c2[nH]c(=O)[nH]c2c1. The smallest absolute Gasteiger partial charge is 0.322 e. The van der Waals surface area contributed by atoms with E-state index in [9.17, 15) is 14.0 Å². The molecule has 6 nitrogen and oxygen atoms in total. The Kier molecular flexibility index (Phi) is 3.02. The van der Waals surface area contributed by atoms with Crippen LogP contribution in [0.2, 0.25) is 0 Å². The molecule has 2 aromatic carbocycles. The molecule has 4 rings (SSSR count). The first-order valence-corrected chi connectivity index (χ1v) is 7.15. The van der Waals surface area contributed by atoms with Crippen LogP contribution in [0, 0.1) is 5.82 Å². The van der Waals surface area contributed by atoms with E-state index < -0.39 is 17.4 Å². The molecule has 1 amide bonds. The van der Waals surface area contributed by atoms with E-state index in [0.29, 0.717) is 5.69 Å². The van der Waals surface area contributed by atoms with Crippen LogP contribution in [0.4, 0.5) is 10.1 Å². The fourth-order valence-electron chi connectivity index (χ4n) is 2.81. The number of carbonyl (C=O) groups is 1. The molecule has 23 heavy (non-hydrogen) atoms. The van der Waals surface area contributed by atoms with Gasteiger partial charge >= 0.3 is 5.69 Å². The number of hydrogen-bond donors (Lipinski definition) is 4. The number of aromatic nitrogens is 2. The van der Waals surface area contributed by atoms with Crippen molar-refractivity contribution in [1.29, 1.82) is 0 Å². The summed E-state index contributed by atoms with van der Waals surface area (Å²) < 4.78 is 14.0. The summed E-state index contributed by atoms with van der Waals surface area (Å²) in [7, 11) is 0. The highest BCUT2D eigenvalue weighted by Crippen LogP contribution is 2.21. The molecule has 0 spiro atoms. The lowest BCUT2D eigenvalue weighted by atomic mass is 10.1. The maximum atomic E-state index is 14.0. The molecule has 116 valence electrons. The summed E-state index contributed by atoms with van der Waals surface area (Å²) in [5.74, 6) is -1.08. The summed E-state index contributed by atoms with van der Waals surface area (Å²) in [5.41, 5.74) is 2.96. The minimum Gasteiger partial charge on any atom is -0.322 e. The number of fused-ring (bicyclic) bond motifs is 2. The molecule has 0 aliphatic carbocycles. The van der Waals surface area contributed by atoms with Gasteiger partial charge in [-0.1, -0.05) is 6.07 Å². The number of nitrogens with one attached hydrogen (secondary N) is 4. The first kappa shape index (κ1) is 13.7. The minimum absolute atomic E-state index is 0.0650. The Labute approximate surface area is 129 Å². The molecule has 1 aromatic heterocycles. The third-order valence-electron chi connectivity index (χ3n) is 3.93. The first-order valence-electron chi connectivity index (χ1n) is 7.15. The van der Waals surface area contributed by atoms with Gasteiger partial charge < -0.3 is 20.6 Å². The number of rotatable bonds is 2. The molecule has 0 atom stereocenters. The molecule has 7 heteroatoms. The molecule has 0 radical (unpaired) electrons. The number of aromatic amines is 2. The molecule has 2 heterocycles. The van der Waals surface area contributed by atoms with Gasteiger partial charge in [0, 0.05) is 24.3 Å². The van der Waals surface area contributed by atoms with Crippen molar-refractivity contribution < 1.29 is 9.18 Å². The van der Waals surface area contributed by atoms with Crippen LogP contribution in [0.15, 0.2) is 35.1 Å². The van der Waals surface area contributed by atoms with Gasteiger partial charge in [0.05, 0.1) is 5.52 Å². The van der Waals surface area contributed by atoms with Gasteiger partial charge in [0.25, 0.3) is 5.91 Å². The Balaban J connectivity index is 1.65. The van der Waals surface area contributed by atoms with Crippen molar-refractivity contribution in [2.45, 2.75) is 13.1 Å². The predicted octanol–water partition coefficient (Wildman–Crippen LogP) is 1.85. The van der Waals surface area contributed by atoms with Gasteiger partial charge in [-0.15, -0.1) is 0 Å². The fourth-order valence-corrected chi connectivity index (χ4v) is 2.81. The van der Waals surface area contributed by atoms with Crippen LogP contribution in [0.1, 0.15) is 21.5 Å². The summed E-state index contributed by atoms with van der Waals surface area (Å²) in [6.07, 6.45) is 0. The molecule has 0 bridgehead atoms. The van der Waals surface area contributed by atoms with Gasteiger partial charge in [-0.05, 0) is 35.4 Å². The number of carbonyl (C=O) groups excluding carboxylic acids is 1. The van der Waals surface area contributed by atoms with Crippen LogP contribution in [0.5, 0.6) is 0 Å². The zero-order chi connectivity index (χ0) is 16.0. The first-order chi connectivity index (χ1) is 11.1. The van der Waals surface area contributed by atoms with E-state index in [1.54, 1.807) is 0 Å². The lowest BCUT2D eigenvalue weighted by Crippen LogP contribution is -2.12. The second-order valence-corrected chi connectivity index (χ2v) is 5.50. The summed E-state index contributed by atoms with van der Waals surface area (Å²) in [6.45, 7) is 1.59. The Hall–Kier alpha value is -2.93. The van der Waals surface area contributed by atoms with Gasteiger partial charge in [-0.2, -0.15) is 0 Å². The van der Waals surface area contributed by atoms with E-state index in [4.69, 9.17) is 0 Å². The summed E-state index contributed by atoms with van der Waals surface area (Å²) >= 11 is 0. The van der Waals surface area contributed by atoms with Crippen molar-refractivity contribution in [2.75, 3.05) is 5.32 Å². The predicted molar refractivity (Wildman–Crippen MR) is 83.8 cm³/mol. The maximum absolute atomic E-state index is 14.0. The van der Waals surface area contributed by atoms with Crippen LogP contribution in [-0.2, 0) is 13.1 Å². The molecular formula is C16H13FN4O2. The third kappa shape index (κ3) is 2.40. The molecule has 1 aliphatic rings. The van der Waals surface area contributed by atoms with Crippen LogP contribution in [0.25, 0.3) is 11.0 Å². The number of anilines is 1. The van der Waals surface area contributed by atoms with Gasteiger partial charge in [0.2, 0.25) is 0 Å². The molecule has 3 aromatic rings. The average molecular weight is 312 g/mol. The number of halogens is 1. The van der Waals surface area contributed by atoms with Gasteiger partial charge in [-0.25, -0.2) is 9.18 Å². The highest BCUT2D eigenvalue weighted by molar-refractivity contribution is 6.06. The van der Waals surface area contributed by atoms with E-state index in [-0.39, 0.29) is 16.6 Å². The Morgan fingerprint density at radius 1 is 1.09 bits per heavy atom. The topological polar surface area (TPSA) is 89.8 Å². The van der Waals surface area contributed by atoms with Crippen LogP contribution < -0.4 is 16.3 Å². The lowest BCUT2D eigenvalue weighted by molar-refractivity contribution is 0.102. The minimum atomic E-state index is -0.649. The zero-order valence-corrected chi connectivity index (χ0v) is 12.0. The second-order valence-electron chi connectivity index (χ2n) is 5.50. The number of H-pyrrole nitrogens is 2. The molecule has 1 aliphatic heterocycles. The number of hydrogen-bond acceptors (Lipinski definition) is 3. The van der Waals surface area contributed by atoms with E-state index in [1.807, 2.05) is 18.2 Å². The fraction of sp³-hybridized carbons (Fsp3) is 0.125. The Bertz CT molecular complexity index is 989. The van der Waals surface area contributed by atoms with E-state index in [2.05, 4.69) is 20.6 Å². The third-order valence-corrected chi connectivity index (χ3v) is 3.93. The average Bonchev–Trinajstić information content (AvgIpc) is 3.12. The van der Waals surface area contributed by atoms with Crippen molar-refractivity contribution >= 4 is 22.6 Å². The standard InChI is InChI=1S/C16H13FN4O2/c17-12-4-9(5-13-14(12)21-16(23)20-13)15(22)19-11-2-1-8-6-18-7-10(8)3-11/h1-5,18H,6-7H2,(H,19,22)(H2,20,21,23). The summed E-state index contributed by atoms with van der Waals surface area (Å²) in [5, 5.41) is 5.98. The number of amides is 1. The monoisotopic (exact) mass is 312 g/mol. The van der Waals surface area contributed by atoms with Gasteiger partial charge in [0.15, 0.2) is 0 Å². The highest BCUT2D eigenvalue weighted by Gasteiger charge is 2.14. The Morgan fingerprint density at radius 3 is 2.78 bits per heavy atom. The van der Waals surface area contributed by atoms with Crippen molar-refractivity contribution in [3.8, 4) is 0 Å². The second kappa shape index (κ2) is 5.06. The molecule has 0 unspecified atom stereocenters. The van der Waals surface area contributed by atoms with Crippen molar-refractivity contribution in [3.05, 3.63) is 63.3 Å². The number of imidazole rings is 1. The van der Waals surface area contributed by atoms with Crippen molar-refractivity contribution in [2.24, 2.45) is 0 Å². The quantitative estimate of drug-likeness (QED) is 0.582. The van der Waals surface area contributed by atoms with Crippen LogP contribution >= 0.6 is 0 Å². The molecule has 0 saturated heterocycles. The van der Waals surface area contributed by atoms with Gasteiger partial charge in [-0.3, -0.25) is 4.79 Å².